The molecule has 1 aromatic carbocycles. The number of carbonyl (C=O) groups is 1. The maximum absolute atomic E-state index is 13.3. The predicted octanol–water partition coefficient (Wildman–Crippen LogP) is 1.81. The van der Waals surface area contributed by atoms with Crippen molar-refractivity contribution in [3.8, 4) is 0 Å². The van der Waals surface area contributed by atoms with Crippen LogP contribution in [0, 0.1) is 5.82 Å². The summed E-state index contributed by atoms with van der Waals surface area (Å²) < 4.78 is 17.7. The molecule has 1 aromatic rings. The molecule has 0 heterocycles. The second kappa shape index (κ2) is 4.54. The first-order chi connectivity index (χ1) is 7.10. The summed E-state index contributed by atoms with van der Waals surface area (Å²) in [6, 6.07) is 3.87. The zero-order valence-corrected chi connectivity index (χ0v) is 8.32. The minimum atomic E-state index is -0.738. The third-order valence-electron chi connectivity index (χ3n) is 1.94. The number of esters is 1. The summed E-state index contributed by atoms with van der Waals surface area (Å²) in [7, 11) is 1.18. The Labute approximate surface area is 86.0 Å². The van der Waals surface area contributed by atoms with Gasteiger partial charge < -0.3 is 9.94 Å². The maximum Gasteiger partial charge on any atom is 0.340 e. The topological polar surface area (TPSA) is 58.9 Å². The Morgan fingerprint density at radius 1 is 1.53 bits per heavy atom. The number of oxime groups is 1. The van der Waals surface area contributed by atoms with Gasteiger partial charge in [-0.2, -0.15) is 0 Å². The number of rotatable bonds is 2. The van der Waals surface area contributed by atoms with Gasteiger partial charge in [-0.1, -0.05) is 11.2 Å². The van der Waals surface area contributed by atoms with E-state index in [4.69, 9.17) is 5.21 Å². The molecule has 15 heavy (non-hydrogen) atoms. The van der Waals surface area contributed by atoms with Crippen molar-refractivity contribution >= 4 is 11.7 Å². The number of carbonyl (C=O) groups excluding carboxylic acids is 1. The van der Waals surface area contributed by atoms with Crippen molar-refractivity contribution in [2.75, 3.05) is 7.11 Å². The zero-order valence-electron chi connectivity index (χ0n) is 8.32. The van der Waals surface area contributed by atoms with E-state index in [-0.39, 0.29) is 11.3 Å². The fraction of sp³-hybridized carbons (Fsp3) is 0.200. The van der Waals surface area contributed by atoms with Crippen LogP contribution in [0.15, 0.2) is 23.4 Å². The fourth-order valence-corrected chi connectivity index (χ4v) is 1.07. The standard InChI is InChI=1S/C10H10FNO3/c1-6(12-14)7-3-4-8(9(11)5-7)10(13)15-2/h3-5,14H,1-2H3. The molecule has 4 nitrogen and oxygen atoms in total. The van der Waals surface area contributed by atoms with Gasteiger partial charge in [-0.3, -0.25) is 0 Å². The fourth-order valence-electron chi connectivity index (χ4n) is 1.07. The molecule has 1 rings (SSSR count). The van der Waals surface area contributed by atoms with E-state index in [2.05, 4.69) is 9.89 Å². The summed E-state index contributed by atoms with van der Waals surface area (Å²) in [5.41, 5.74) is 0.528. The van der Waals surface area contributed by atoms with Gasteiger partial charge in [0.2, 0.25) is 0 Å². The highest BCUT2D eigenvalue weighted by molar-refractivity contribution is 5.99. The van der Waals surface area contributed by atoms with Crippen molar-refractivity contribution in [1.29, 1.82) is 0 Å². The number of benzene rings is 1. The lowest BCUT2D eigenvalue weighted by atomic mass is 10.1. The molecule has 0 bridgehead atoms. The smallest absolute Gasteiger partial charge is 0.340 e. The predicted molar refractivity (Wildman–Crippen MR) is 51.7 cm³/mol. The first kappa shape index (κ1) is 11.2. The molecule has 0 aliphatic carbocycles. The summed E-state index contributed by atoms with van der Waals surface area (Å²) in [6.07, 6.45) is 0. The van der Waals surface area contributed by atoms with Crippen LogP contribution in [0.25, 0.3) is 0 Å². The van der Waals surface area contributed by atoms with E-state index in [1.807, 2.05) is 0 Å². The van der Waals surface area contributed by atoms with Crippen LogP contribution in [-0.4, -0.2) is 24.0 Å². The van der Waals surface area contributed by atoms with Gasteiger partial charge in [0.25, 0.3) is 0 Å². The molecule has 0 aliphatic heterocycles. The molecule has 1 N–H and O–H groups in total. The van der Waals surface area contributed by atoms with Crippen LogP contribution >= 0.6 is 0 Å². The largest absolute Gasteiger partial charge is 0.465 e. The van der Waals surface area contributed by atoms with Crippen molar-refractivity contribution < 1.29 is 19.1 Å². The molecular formula is C10H10FNO3. The number of hydrogen-bond acceptors (Lipinski definition) is 4. The Hall–Kier alpha value is -1.91. The van der Waals surface area contributed by atoms with Gasteiger partial charge in [0.15, 0.2) is 0 Å². The highest BCUT2D eigenvalue weighted by atomic mass is 19.1. The van der Waals surface area contributed by atoms with Crippen LogP contribution in [0.2, 0.25) is 0 Å². The lowest BCUT2D eigenvalue weighted by Gasteiger charge is -2.03. The van der Waals surface area contributed by atoms with E-state index in [0.717, 1.165) is 6.07 Å². The van der Waals surface area contributed by atoms with E-state index in [0.29, 0.717) is 5.56 Å². The highest BCUT2D eigenvalue weighted by Gasteiger charge is 2.12. The molecule has 0 spiro atoms. The van der Waals surface area contributed by atoms with Crippen LogP contribution < -0.4 is 0 Å². The van der Waals surface area contributed by atoms with Crippen molar-refractivity contribution in [3.63, 3.8) is 0 Å². The van der Waals surface area contributed by atoms with Gasteiger partial charge in [0, 0.05) is 5.56 Å². The maximum atomic E-state index is 13.3. The molecular weight excluding hydrogens is 201 g/mol. The minimum Gasteiger partial charge on any atom is -0.465 e. The minimum absolute atomic E-state index is 0.146. The monoisotopic (exact) mass is 211 g/mol. The summed E-state index contributed by atoms with van der Waals surface area (Å²) in [5.74, 6) is -1.44. The number of hydrogen-bond donors (Lipinski definition) is 1. The quantitative estimate of drug-likeness (QED) is 0.351. The van der Waals surface area contributed by atoms with Crippen LogP contribution in [0.5, 0.6) is 0 Å². The average molecular weight is 211 g/mol. The molecule has 0 unspecified atom stereocenters. The third kappa shape index (κ3) is 2.31. The van der Waals surface area contributed by atoms with Gasteiger partial charge in [-0.05, 0) is 19.1 Å². The lowest BCUT2D eigenvalue weighted by molar-refractivity contribution is 0.0595. The molecule has 80 valence electrons. The van der Waals surface area contributed by atoms with Gasteiger partial charge in [0.1, 0.15) is 5.82 Å². The average Bonchev–Trinajstić information content (AvgIpc) is 2.26. The number of methoxy groups -OCH3 is 1. The van der Waals surface area contributed by atoms with Crippen LogP contribution in [-0.2, 0) is 4.74 Å². The van der Waals surface area contributed by atoms with Gasteiger partial charge in [0.05, 0.1) is 18.4 Å². The Bertz CT molecular complexity index is 415. The Kier molecular flexibility index (Phi) is 3.38. The summed E-state index contributed by atoms with van der Waals surface area (Å²) in [5, 5.41) is 11.4. The van der Waals surface area contributed by atoms with E-state index in [1.165, 1.54) is 26.2 Å². The van der Waals surface area contributed by atoms with Gasteiger partial charge in [-0.25, -0.2) is 9.18 Å². The van der Waals surface area contributed by atoms with Crippen LogP contribution in [0.3, 0.4) is 0 Å². The van der Waals surface area contributed by atoms with Crippen LogP contribution in [0.1, 0.15) is 22.8 Å². The zero-order chi connectivity index (χ0) is 11.4. The Balaban J connectivity index is 3.14. The van der Waals surface area contributed by atoms with E-state index in [9.17, 15) is 9.18 Å². The van der Waals surface area contributed by atoms with Gasteiger partial charge >= 0.3 is 5.97 Å². The lowest BCUT2D eigenvalue weighted by Crippen LogP contribution is -2.06. The van der Waals surface area contributed by atoms with Gasteiger partial charge in [-0.15, -0.1) is 0 Å². The normalized spacial score (nSPS) is 11.3. The Morgan fingerprint density at radius 3 is 2.67 bits per heavy atom. The molecule has 0 amide bonds. The highest BCUT2D eigenvalue weighted by Crippen LogP contribution is 2.12. The molecule has 0 radical (unpaired) electrons. The van der Waals surface area contributed by atoms with E-state index in [1.54, 1.807) is 0 Å². The number of ether oxygens (including phenoxy) is 1. The number of nitrogens with zero attached hydrogens (tertiary/aromatic N) is 1. The summed E-state index contributed by atoms with van der Waals surface area (Å²) >= 11 is 0. The molecule has 0 aromatic heterocycles. The summed E-state index contributed by atoms with van der Waals surface area (Å²) in [6.45, 7) is 1.52. The first-order valence-electron chi connectivity index (χ1n) is 4.17. The van der Waals surface area contributed by atoms with E-state index >= 15 is 0 Å². The Morgan fingerprint density at radius 2 is 2.20 bits per heavy atom. The molecule has 5 heteroatoms. The van der Waals surface area contributed by atoms with Crippen molar-refractivity contribution in [2.24, 2.45) is 5.16 Å². The van der Waals surface area contributed by atoms with E-state index < -0.39 is 11.8 Å². The molecule has 0 fully saturated rings. The van der Waals surface area contributed by atoms with Crippen molar-refractivity contribution in [3.05, 3.63) is 35.1 Å². The van der Waals surface area contributed by atoms with Crippen molar-refractivity contribution in [1.82, 2.24) is 0 Å². The second-order valence-electron chi connectivity index (χ2n) is 2.87. The van der Waals surface area contributed by atoms with Crippen LogP contribution in [0.4, 0.5) is 4.39 Å². The molecule has 0 saturated carbocycles. The molecule has 0 saturated heterocycles. The number of halogens is 1. The summed E-state index contributed by atoms with van der Waals surface area (Å²) in [4.78, 5) is 11.0. The van der Waals surface area contributed by atoms with Crippen molar-refractivity contribution in [2.45, 2.75) is 6.92 Å². The first-order valence-corrected chi connectivity index (χ1v) is 4.17. The molecule has 0 atom stereocenters. The SMILES string of the molecule is COC(=O)c1ccc(C(C)=NO)cc1F. The molecule has 0 aliphatic rings. The third-order valence-corrected chi connectivity index (χ3v) is 1.94. The second-order valence-corrected chi connectivity index (χ2v) is 2.87.